The van der Waals surface area contributed by atoms with E-state index in [0.717, 1.165) is 0 Å². The Morgan fingerprint density at radius 3 is 0.912 bits per heavy atom. The molecule has 0 aliphatic heterocycles. The van der Waals surface area contributed by atoms with Crippen molar-refractivity contribution in [2.45, 2.75) is 6.16 Å². The van der Waals surface area contributed by atoms with Gasteiger partial charge in [0.15, 0.2) is 0 Å². The summed E-state index contributed by atoms with van der Waals surface area (Å²) in [6.07, 6.45) is 1.18. The van der Waals surface area contributed by atoms with E-state index in [-0.39, 0.29) is 7.02 Å². The van der Waals surface area contributed by atoms with Gasteiger partial charge in [-0.25, -0.2) is 0 Å². The van der Waals surface area contributed by atoms with Gasteiger partial charge in [0.1, 0.15) is 16.9 Å². The molecule has 0 aromatic heterocycles. The molecule has 0 saturated heterocycles. The maximum Gasteiger partial charge on any atom is 0.125 e. The van der Waals surface area contributed by atoms with Crippen LogP contribution >= 0.6 is 7.02 Å². The second kappa shape index (κ2) is 11.4. The van der Waals surface area contributed by atoms with Crippen LogP contribution in [0.2, 0.25) is 0 Å². The first kappa shape index (κ1) is 22.7. The maximum absolute atomic E-state index is 2.39. The van der Waals surface area contributed by atoms with Crippen LogP contribution in [0.1, 0.15) is 5.56 Å². The zero-order valence-electron chi connectivity index (χ0n) is 19.2. The van der Waals surface area contributed by atoms with Crippen molar-refractivity contribution >= 4 is 44.7 Å². The molecule has 166 valence electrons. The second-order valence-electron chi connectivity index (χ2n) is 8.61. The molecule has 34 heavy (non-hydrogen) atoms. The highest BCUT2D eigenvalue weighted by molar-refractivity contribution is 8.17. The van der Waals surface area contributed by atoms with Gasteiger partial charge in [-0.3, -0.25) is 0 Å². The van der Waals surface area contributed by atoms with Gasteiger partial charge in [-0.05, 0) is 11.7 Å². The molecule has 3 heteroatoms. The molecule has 0 spiro atoms. The molecule has 0 atom stereocenters. The third kappa shape index (κ3) is 5.37. The molecule has 5 rings (SSSR count). The van der Waals surface area contributed by atoms with E-state index < -0.39 is 16.9 Å². The van der Waals surface area contributed by atoms with Crippen LogP contribution in [0.5, 0.6) is 0 Å². The van der Waals surface area contributed by atoms with Crippen molar-refractivity contribution in [3.63, 3.8) is 0 Å². The quantitative estimate of drug-likeness (QED) is 0.219. The molecule has 0 fully saturated rings. The molecule has 0 bridgehead atoms. The third-order valence-electron chi connectivity index (χ3n) is 6.33. The van der Waals surface area contributed by atoms with Gasteiger partial charge in [-0.1, -0.05) is 172 Å². The molecule has 0 heterocycles. The lowest BCUT2D eigenvalue weighted by Gasteiger charge is -2.35. The van der Waals surface area contributed by atoms with Crippen LogP contribution in [0.4, 0.5) is 0 Å². The van der Waals surface area contributed by atoms with Gasteiger partial charge in [0, 0.05) is 0 Å². The Hall–Kier alpha value is -3.04. The first-order chi connectivity index (χ1) is 16.9. The second-order valence-corrected chi connectivity index (χ2v) is 23.1. The van der Waals surface area contributed by atoms with Gasteiger partial charge in [0.2, 0.25) is 0 Å². The molecule has 0 N–H and O–H groups in total. The summed E-state index contributed by atoms with van der Waals surface area (Å²) >= 11 is 0. The van der Waals surface area contributed by atoms with Gasteiger partial charge in [-0.15, -0.1) is 7.02 Å². The molecule has 0 amide bonds. The Labute approximate surface area is 207 Å². The lowest BCUT2D eigenvalue weighted by Crippen LogP contribution is -2.51. The Kier molecular flexibility index (Phi) is 7.62. The molecule has 0 radical (unpaired) electrons. The van der Waals surface area contributed by atoms with E-state index in [4.69, 9.17) is 0 Å². The van der Waals surface area contributed by atoms with Crippen molar-refractivity contribution in [1.82, 2.24) is 0 Å². The minimum Gasteiger partial charge on any atom is -0.112 e. The predicted molar refractivity (Wildman–Crippen MR) is 156 cm³/mol. The van der Waals surface area contributed by atoms with E-state index >= 15 is 0 Å². The van der Waals surface area contributed by atoms with Crippen LogP contribution in [0.15, 0.2) is 152 Å². The fourth-order valence-electron chi connectivity index (χ4n) is 4.82. The monoisotopic (exact) mass is 488 g/mol. The van der Waals surface area contributed by atoms with E-state index in [1.165, 1.54) is 11.7 Å². The summed E-state index contributed by atoms with van der Waals surface area (Å²) in [7, 11) is -3.30. The summed E-state index contributed by atoms with van der Waals surface area (Å²) in [4.78, 5) is 0. The lowest BCUT2D eigenvalue weighted by molar-refractivity contribution is 1.41. The van der Waals surface area contributed by atoms with Crippen LogP contribution in [0.3, 0.4) is 0 Å². The number of hydrogen-bond donors (Lipinski definition) is 0. The lowest BCUT2D eigenvalue weighted by atomic mass is 10.2. The largest absolute Gasteiger partial charge is 0.125 e. The van der Waals surface area contributed by atoms with Crippen molar-refractivity contribution in [3.8, 4) is 0 Å². The minimum absolute atomic E-state index is 0.291. The maximum atomic E-state index is 2.39. The smallest absolute Gasteiger partial charge is 0.112 e. The standard InChI is InChI=1S/C31H29PSi2/c1-6-16-27(17-7-1)26-32(33(28-18-8-2-9-19-28)29-20-10-3-11-21-29)34(30-22-12-4-13-23-30)31-24-14-5-15-25-31/h1-25,33-34H,26H2. The molecule has 0 unspecified atom stereocenters. The summed E-state index contributed by atoms with van der Waals surface area (Å²) in [5.74, 6) is 0. The molecular weight excluding hydrogens is 459 g/mol. The van der Waals surface area contributed by atoms with Gasteiger partial charge >= 0.3 is 0 Å². The molecule has 0 aliphatic carbocycles. The topological polar surface area (TPSA) is 0 Å². The summed E-state index contributed by atoms with van der Waals surface area (Å²) in [6, 6.07) is 56.8. The zero-order chi connectivity index (χ0) is 23.0. The van der Waals surface area contributed by atoms with Crippen LogP contribution < -0.4 is 20.7 Å². The average Bonchev–Trinajstić information content (AvgIpc) is 2.92. The van der Waals surface area contributed by atoms with Crippen LogP contribution in [-0.2, 0) is 6.16 Å². The predicted octanol–water partition coefficient (Wildman–Crippen LogP) is 4.74. The van der Waals surface area contributed by atoms with Crippen LogP contribution in [-0.4, -0.2) is 16.9 Å². The highest BCUT2D eigenvalue weighted by atomic mass is 31.6. The van der Waals surface area contributed by atoms with Crippen LogP contribution in [0.25, 0.3) is 0 Å². The van der Waals surface area contributed by atoms with Gasteiger partial charge in [0.25, 0.3) is 0 Å². The molecule has 5 aromatic rings. The first-order valence-electron chi connectivity index (χ1n) is 11.9. The highest BCUT2D eigenvalue weighted by Crippen LogP contribution is 2.44. The fourth-order valence-corrected chi connectivity index (χ4v) is 29.6. The van der Waals surface area contributed by atoms with Crippen molar-refractivity contribution in [1.29, 1.82) is 0 Å². The minimum atomic E-state index is -1.51. The fraction of sp³-hybridized carbons (Fsp3) is 0.0323. The Morgan fingerprint density at radius 2 is 0.618 bits per heavy atom. The van der Waals surface area contributed by atoms with E-state index in [0.29, 0.717) is 0 Å². The Balaban J connectivity index is 1.73. The van der Waals surface area contributed by atoms with E-state index in [1.807, 2.05) is 0 Å². The van der Waals surface area contributed by atoms with Crippen molar-refractivity contribution < 1.29 is 0 Å². The van der Waals surface area contributed by atoms with E-state index in [2.05, 4.69) is 152 Å². The number of hydrogen-bond acceptors (Lipinski definition) is 0. The van der Waals surface area contributed by atoms with Crippen molar-refractivity contribution in [2.75, 3.05) is 0 Å². The first-order valence-corrected chi connectivity index (χ1v) is 19.0. The van der Waals surface area contributed by atoms with Crippen molar-refractivity contribution in [2.24, 2.45) is 0 Å². The molecule has 0 aliphatic rings. The molecular formula is C31H29PSi2. The molecule has 0 saturated carbocycles. The van der Waals surface area contributed by atoms with Gasteiger partial charge in [0.05, 0.1) is 0 Å². The van der Waals surface area contributed by atoms with Gasteiger partial charge < -0.3 is 0 Å². The van der Waals surface area contributed by atoms with Crippen LogP contribution in [0, 0.1) is 0 Å². The Morgan fingerprint density at radius 1 is 0.353 bits per heavy atom. The zero-order valence-corrected chi connectivity index (χ0v) is 22.4. The Bertz CT molecular complexity index is 1100. The summed E-state index contributed by atoms with van der Waals surface area (Å²) < 4.78 is 0. The highest BCUT2D eigenvalue weighted by Gasteiger charge is 2.35. The molecule has 5 aromatic carbocycles. The SMILES string of the molecule is c1ccc(CP([SiH](c2ccccc2)c2ccccc2)[SiH](c2ccccc2)c2ccccc2)cc1. The summed E-state index contributed by atoms with van der Waals surface area (Å²) in [5.41, 5.74) is 1.47. The summed E-state index contributed by atoms with van der Waals surface area (Å²) in [6.45, 7) is 0. The molecule has 0 nitrogen and oxygen atoms in total. The summed E-state index contributed by atoms with van der Waals surface area (Å²) in [5, 5.41) is 6.28. The normalized spacial score (nSPS) is 11.3. The van der Waals surface area contributed by atoms with E-state index in [1.54, 1.807) is 20.7 Å². The third-order valence-corrected chi connectivity index (χ3v) is 26.5. The average molecular weight is 489 g/mol. The van der Waals surface area contributed by atoms with Gasteiger partial charge in [-0.2, -0.15) is 0 Å². The van der Waals surface area contributed by atoms with E-state index in [9.17, 15) is 0 Å². The van der Waals surface area contributed by atoms with Crippen molar-refractivity contribution in [3.05, 3.63) is 157 Å². The number of rotatable bonds is 8. The number of benzene rings is 5.